The van der Waals surface area contributed by atoms with Gasteiger partial charge in [0.15, 0.2) is 5.78 Å². The Bertz CT molecular complexity index is 1110. The maximum absolute atomic E-state index is 13.2. The van der Waals surface area contributed by atoms with Crippen molar-refractivity contribution in [2.75, 3.05) is 56.0 Å². The predicted molar refractivity (Wildman–Crippen MR) is 138 cm³/mol. The van der Waals surface area contributed by atoms with E-state index in [1.54, 1.807) is 24.3 Å². The highest BCUT2D eigenvalue weighted by Crippen LogP contribution is 2.20. The van der Waals surface area contributed by atoms with E-state index in [1.807, 2.05) is 24.3 Å². The molecule has 9 nitrogen and oxygen atoms in total. The first kappa shape index (κ1) is 25.7. The number of rotatable bonds is 7. The maximum atomic E-state index is 13.2. The largest absolute Gasteiger partial charge is 0.369 e. The summed E-state index contributed by atoms with van der Waals surface area (Å²) in [7, 11) is 0. The minimum absolute atomic E-state index is 0.0627. The van der Waals surface area contributed by atoms with Crippen molar-refractivity contribution in [3.05, 3.63) is 59.1 Å². The summed E-state index contributed by atoms with van der Waals surface area (Å²) in [5, 5.41) is 6.20. The minimum Gasteiger partial charge on any atom is -0.369 e. The fourth-order valence-electron chi connectivity index (χ4n) is 4.49. The first-order chi connectivity index (χ1) is 17.3. The number of hydrogen-bond donors (Lipinski definition) is 2. The Kier molecular flexibility index (Phi) is 8.22. The smallest absolute Gasteiger partial charge is 0.243 e. The standard InChI is InChI=1S/C26H30ClN5O4/c1-18(33)19-2-6-21(7-3-19)29-24(34)16-23-26(36)28-10-11-32(23)25(35)17-30-12-14-31(15-13-30)22-8-4-20(27)5-9-22/h2-9,23H,10-17H2,1H3,(H,28,36)(H,29,34). The Morgan fingerprint density at radius 1 is 0.972 bits per heavy atom. The Hall–Kier alpha value is -3.43. The average Bonchev–Trinajstić information content (AvgIpc) is 2.86. The second-order valence-corrected chi connectivity index (χ2v) is 9.46. The molecule has 0 aliphatic carbocycles. The maximum Gasteiger partial charge on any atom is 0.243 e. The molecule has 1 atom stereocenters. The van der Waals surface area contributed by atoms with Crippen molar-refractivity contribution in [2.24, 2.45) is 0 Å². The van der Waals surface area contributed by atoms with E-state index >= 15 is 0 Å². The number of piperazine rings is 2. The number of hydrogen-bond acceptors (Lipinski definition) is 6. The number of Topliss-reactive ketones (excluding diaryl/α,β-unsaturated/α-hetero) is 1. The molecular formula is C26H30ClN5O4. The van der Waals surface area contributed by atoms with Crippen LogP contribution in [0.15, 0.2) is 48.5 Å². The Morgan fingerprint density at radius 2 is 1.64 bits per heavy atom. The predicted octanol–water partition coefficient (Wildman–Crippen LogP) is 2.02. The highest BCUT2D eigenvalue weighted by atomic mass is 35.5. The van der Waals surface area contributed by atoms with Gasteiger partial charge in [-0.2, -0.15) is 0 Å². The molecule has 2 aliphatic heterocycles. The normalized spacial score (nSPS) is 18.5. The number of carbonyl (C=O) groups is 4. The third kappa shape index (κ3) is 6.41. The van der Waals surface area contributed by atoms with Gasteiger partial charge in [-0.15, -0.1) is 0 Å². The average molecular weight is 512 g/mol. The topological polar surface area (TPSA) is 102 Å². The van der Waals surface area contributed by atoms with E-state index in [0.717, 1.165) is 31.9 Å². The molecule has 190 valence electrons. The van der Waals surface area contributed by atoms with E-state index < -0.39 is 6.04 Å². The SMILES string of the molecule is CC(=O)c1ccc(NC(=O)CC2C(=O)NCCN2C(=O)CN2CCN(c3ccc(Cl)cc3)CC2)cc1. The molecular weight excluding hydrogens is 482 g/mol. The summed E-state index contributed by atoms with van der Waals surface area (Å²) in [6.07, 6.45) is -0.142. The van der Waals surface area contributed by atoms with E-state index in [1.165, 1.54) is 11.8 Å². The molecule has 0 bridgehead atoms. The highest BCUT2D eigenvalue weighted by molar-refractivity contribution is 6.30. The summed E-state index contributed by atoms with van der Waals surface area (Å²) in [5.74, 6) is -0.924. The Morgan fingerprint density at radius 3 is 2.28 bits per heavy atom. The quantitative estimate of drug-likeness (QED) is 0.551. The van der Waals surface area contributed by atoms with Crippen LogP contribution in [0.2, 0.25) is 5.02 Å². The van der Waals surface area contributed by atoms with Gasteiger partial charge in [0.05, 0.1) is 13.0 Å². The number of nitrogens with one attached hydrogen (secondary N) is 2. The van der Waals surface area contributed by atoms with Gasteiger partial charge in [-0.05, 0) is 55.5 Å². The number of halogens is 1. The fraction of sp³-hybridized carbons (Fsp3) is 0.385. The lowest BCUT2D eigenvalue weighted by Gasteiger charge is -2.39. The van der Waals surface area contributed by atoms with Crippen LogP contribution in [0, 0.1) is 0 Å². The van der Waals surface area contributed by atoms with Gasteiger partial charge in [0.1, 0.15) is 6.04 Å². The number of nitrogens with zero attached hydrogens (tertiary/aromatic N) is 3. The van der Waals surface area contributed by atoms with E-state index in [0.29, 0.717) is 29.4 Å². The minimum atomic E-state index is -0.863. The molecule has 2 heterocycles. The van der Waals surface area contributed by atoms with Crippen molar-refractivity contribution in [3.63, 3.8) is 0 Å². The van der Waals surface area contributed by atoms with Crippen molar-refractivity contribution in [1.29, 1.82) is 0 Å². The first-order valence-electron chi connectivity index (χ1n) is 12.0. The first-order valence-corrected chi connectivity index (χ1v) is 12.4. The lowest BCUT2D eigenvalue weighted by molar-refractivity contribution is -0.145. The van der Waals surface area contributed by atoms with Crippen molar-refractivity contribution in [2.45, 2.75) is 19.4 Å². The summed E-state index contributed by atoms with van der Waals surface area (Å²) < 4.78 is 0. The number of carbonyl (C=O) groups excluding carboxylic acids is 4. The zero-order valence-corrected chi connectivity index (χ0v) is 21.0. The lowest BCUT2D eigenvalue weighted by atomic mass is 10.1. The molecule has 2 aliphatic rings. The van der Waals surface area contributed by atoms with Gasteiger partial charge < -0.3 is 20.4 Å². The second-order valence-electron chi connectivity index (χ2n) is 9.02. The van der Waals surface area contributed by atoms with Gasteiger partial charge in [-0.1, -0.05) is 11.6 Å². The van der Waals surface area contributed by atoms with E-state index in [-0.39, 0.29) is 36.5 Å². The fourth-order valence-corrected chi connectivity index (χ4v) is 4.62. The summed E-state index contributed by atoms with van der Waals surface area (Å²) in [4.78, 5) is 55.7. The molecule has 10 heteroatoms. The molecule has 3 amide bonds. The number of ketones is 1. The van der Waals surface area contributed by atoms with Gasteiger partial charge >= 0.3 is 0 Å². The van der Waals surface area contributed by atoms with Gasteiger partial charge in [-0.3, -0.25) is 24.1 Å². The third-order valence-corrected chi connectivity index (χ3v) is 6.78. The summed E-state index contributed by atoms with van der Waals surface area (Å²) in [6.45, 7) is 5.39. The molecule has 0 saturated carbocycles. The lowest BCUT2D eigenvalue weighted by Crippen LogP contribution is -2.60. The number of anilines is 2. The Balaban J connectivity index is 1.31. The van der Waals surface area contributed by atoms with Crippen molar-refractivity contribution >= 4 is 46.5 Å². The Labute approximate surface area is 215 Å². The third-order valence-electron chi connectivity index (χ3n) is 6.53. The van der Waals surface area contributed by atoms with E-state index in [4.69, 9.17) is 11.6 Å². The van der Waals surface area contributed by atoms with Crippen LogP contribution in [-0.4, -0.2) is 85.2 Å². The molecule has 2 aromatic rings. The highest BCUT2D eigenvalue weighted by Gasteiger charge is 2.35. The van der Waals surface area contributed by atoms with Gasteiger partial charge in [0.25, 0.3) is 0 Å². The molecule has 0 aromatic heterocycles. The zero-order chi connectivity index (χ0) is 25.7. The van der Waals surface area contributed by atoms with Crippen LogP contribution in [-0.2, 0) is 14.4 Å². The number of amides is 3. The molecule has 4 rings (SSSR count). The molecule has 0 spiro atoms. The molecule has 2 fully saturated rings. The van der Waals surface area contributed by atoms with Gasteiger partial charge in [0.2, 0.25) is 17.7 Å². The zero-order valence-electron chi connectivity index (χ0n) is 20.2. The van der Waals surface area contributed by atoms with Crippen LogP contribution in [0.5, 0.6) is 0 Å². The summed E-state index contributed by atoms with van der Waals surface area (Å²) >= 11 is 5.98. The van der Waals surface area contributed by atoms with Crippen LogP contribution in [0.1, 0.15) is 23.7 Å². The van der Waals surface area contributed by atoms with Crippen molar-refractivity contribution in [1.82, 2.24) is 15.1 Å². The van der Waals surface area contributed by atoms with Crippen molar-refractivity contribution < 1.29 is 19.2 Å². The van der Waals surface area contributed by atoms with Crippen LogP contribution >= 0.6 is 11.6 Å². The molecule has 2 saturated heterocycles. The monoisotopic (exact) mass is 511 g/mol. The molecule has 2 aromatic carbocycles. The van der Waals surface area contributed by atoms with E-state index in [9.17, 15) is 19.2 Å². The van der Waals surface area contributed by atoms with Crippen LogP contribution in [0.4, 0.5) is 11.4 Å². The molecule has 36 heavy (non-hydrogen) atoms. The van der Waals surface area contributed by atoms with Crippen LogP contribution in [0.25, 0.3) is 0 Å². The molecule has 2 N–H and O–H groups in total. The number of benzene rings is 2. The van der Waals surface area contributed by atoms with E-state index in [2.05, 4.69) is 20.4 Å². The van der Waals surface area contributed by atoms with Crippen LogP contribution < -0.4 is 15.5 Å². The molecule has 0 radical (unpaired) electrons. The van der Waals surface area contributed by atoms with Crippen molar-refractivity contribution in [3.8, 4) is 0 Å². The molecule has 1 unspecified atom stereocenters. The second kappa shape index (κ2) is 11.5. The van der Waals surface area contributed by atoms with Crippen LogP contribution in [0.3, 0.4) is 0 Å². The summed E-state index contributed by atoms with van der Waals surface area (Å²) in [5.41, 5.74) is 2.17. The summed E-state index contributed by atoms with van der Waals surface area (Å²) in [6, 6.07) is 13.4. The van der Waals surface area contributed by atoms with Gasteiger partial charge in [0, 0.05) is 61.2 Å². The van der Waals surface area contributed by atoms with Gasteiger partial charge in [-0.25, -0.2) is 0 Å².